The molecule has 1 N–H and O–H groups in total. The molecule has 2 saturated heterocycles. The van der Waals surface area contributed by atoms with Gasteiger partial charge in [-0.2, -0.15) is 13.2 Å². The van der Waals surface area contributed by atoms with Gasteiger partial charge in [0.2, 0.25) is 5.91 Å². The molecule has 2 heterocycles. The molecule has 2 aromatic rings. The maximum atomic E-state index is 14.6. The normalized spacial score (nSPS) is 21.9. The molecule has 2 aliphatic heterocycles. The first kappa shape index (κ1) is 25.1. The number of methoxy groups -OCH3 is 1. The molecule has 5 nitrogen and oxygen atoms in total. The highest BCUT2D eigenvalue weighted by atomic mass is 19.4. The molecule has 0 unspecified atom stereocenters. The van der Waals surface area contributed by atoms with Crippen LogP contribution in [-0.2, 0) is 19.9 Å². The van der Waals surface area contributed by atoms with E-state index in [0.29, 0.717) is 0 Å². The fourth-order valence-corrected chi connectivity index (χ4v) is 5.47. The molecule has 0 aliphatic carbocycles. The smallest absolute Gasteiger partial charge is 0.356 e. The second kappa shape index (κ2) is 9.22. The van der Waals surface area contributed by atoms with Crippen molar-refractivity contribution in [1.82, 2.24) is 10.2 Å². The Labute approximate surface area is 199 Å². The summed E-state index contributed by atoms with van der Waals surface area (Å²) in [6.45, 7) is -0.0250. The molecule has 4 rings (SSSR count). The van der Waals surface area contributed by atoms with E-state index in [0.717, 1.165) is 24.1 Å². The molecule has 2 atom stereocenters. The van der Waals surface area contributed by atoms with Crippen molar-refractivity contribution in [3.05, 3.63) is 71.3 Å². The Hall–Kier alpha value is -3.01. The van der Waals surface area contributed by atoms with Crippen LogP contribution in [-0.4, -0.2) is 49.6 Å². The van der Waals surface area contributed by atoms with Crippen molar-refractivity contribution in [2.75, 3.05) is 26.7 Å². The van der Waals surface area contributed by atoms with Crippen LogP contribution in [0.3, 0.4) is 0 Å². The molecule has 10 heteroatoms. The Morgan fingerprint density at radius 2 is 1.74 bits per heavy atom. The van der Waals surface area contributed by atoms with E-state index in [4.69, 9.17) is 4.74 Å². The molecule has 2 fully saturated rings. The van der Waals surface area contributed by atoms with E-state index >= 15 is 0 Å². The van der Waals surface area contributed by atoms with Crippen LogP contribution >= 0.6 is 0 Å². The van der Waals surface area contributed by atoms with Gasteiger partial charge in [0.05, 0.1) is 0 Å². The summed E-state index contributed by atoms with van der Waals surface area (Å²) in [6, 6.07) is 9.97. The number of amides is 2. The number of carbonyl (C=O) groups is 2. The van der Waals surface area contributed by atoms with E-state index in [2.05, 4.69) is 5.32 Å². The van der Waals surface area contributed by atoms with Crippen LogP contribution in [0, 0.1) is 17.0 Å². The molecule has 0 bridgehead atoms. The molecule has 0 aromatic heterocycles. The number of carbonyl (C=O) groups excluding carboxylic acids is 2. The maximum absolute atomic E-state index is 14.6. The van der Waals surface area contributed by atoms with Crippen molar-refractivity contribution in [3.63, 3.8) is 0 Å². The molecular formula is C25H25F5N2O3. The summed E-state index contributed by atoms with van der Waals surface area (Å²) >= 11 is 0. The lowest BCUT2D eigenvalue weighted by molar-refractivity contribution is -0.271. The van der Waals surface area contributed by atoms with Gasteiger partial charge in [0.25, 0.3) is 11.5 Å². The van der Waals surface area contributed by atoms with Crippen LogP contribution < -0.4 is 5.32 Å². The van der Waals surface area contributed by atoms with Gasteiger partial charge in [0.15, 0.2) is 0 Å². The van der Waals surface area contributed by atoms with E-state index in [1.54, 1.807) is 0 Å². The molecule has 35 heavy (non-hydrogen) atoms. The fraction of sp³-hybridized carbons (Fsp3) is 0.440. The Morgan fingerprint density at radius 3 is 2.31 bits per heavy atom. The summed E-state index contributed by atoms with van der Waals surface area (Å²) < 4.78 is 76.0. The Morgan fingerprint density at radius 1 is 1.09 bits per heavy atom. The van der Waals surface area contributed by atoms with Gasteiger partial charge in [0.1, 0.15) is 11.6 Å². The van der Waals surface area contributed by atoms with Gasteiger partial charge in [0, 0.05) is 50.7 Å². The van der Waals surface area contributed by atoms with E-state index in [-0.39, 0.29) is 55.9 Å². The second-order valence-corrected chi connectivity index (χ2v) is 9.10. The van der Waals surface area contributed by atoms with E-state index in [1.807, 2.05) is 0 Å². The molecule has 2 amide bonds. The average molecular weight is 496 g/mol. The lowest BCUT2D eigenvalue weighted by atomic mass is 9.62. The minimum absolute atomic E-state index is 0.0316. The van der Waals surface area contributed by atoms with Gasteiger partial charge in [-0.3, -0.25) is 9.59 Å². The number of alkyl halides is 3. The third-order valence-corrected chi connectivity index (χ3v) is 7.33. The number of benzene rings is 2. The molecular weight excluding hydrogens is 471 g/mol. The number of hydrogen-bond acceptors (Lipinski definition) is 3. The highest BCUT2D eigenvalue weighted by Gasteiger charge is 2.64. The molecule has 0 saturated carbocycles. The number of hydrogen-bond donors (Lipinski definition) is 1. The minimum atomic E-state index is -5.03. The standard InChI is InChI=1S/C25H25F5N2O3/c1-35-24(25(28,29)30,16-5-3-2-4-6-16)22(34)32-11-9-23(10-12-32)14-21(33)31-15-19(23)18-8-7-17(26)13-20(18)27/h2-8,13,19H,9-12,14-15H2,1H3,(H,31,33)/t19-,24+/m0/s1. The molecule has 188 valence electrons. The van der Waals surface area contributed by atoms with Crippen molar-refractivity contribution < 1.29 is 36.3 Å². The van der Waals surface area contributed by atoms with Crippen LogP contribution in [0.2, 0.25) is 0 Å². The summed E-state index contributed by atoms with van der Waals surface area (Å²) in [7, 11) is 0.850. The van der Waals surface area contributed by atoms with Gasteiger partial charge >= 0.3 is 6.18 Å². The van der Waals surface area contributed by atoms with Crippen LogP contribution in [0.4, 0.5) is 22.0 Å². The van der Waals surface area contributed by atoms with E-state index < -0.39 is 40.7 Å². The Bertz CT molecular complexity index is 1100. The number of nitrogens with zero attached hydrogens (tertiary/aromatic N) is 1. The van der Waals surface area contributed by atoms with Crippen LogP contribution in [0.5, 0.6) is 0 Å². The van der Waals surface area contributed by atoms with Crippen molar-refractivity contribution in [2.45, 2.75) is 37.0 Å². The number of nitrogens with one attached hydrogen (secondary N) is 1. The Kier molecular flexibility index (Phi) is 6.61. The zero-order valence-electron chi connectivity index (χ0n) is 19.0. The molecule has 0 radical (unpaired) electrons. The van der Waals surface area contributed by atoms with Gasteiger partial charge in [-0.25, -0.2) is 8.78 Å². The summed E-state index contributed by atoms with van der Waals surface area (Å²) in [5.74, 6) is -3.48. The second-order valence-electron chi connectivity index (χ2n) is 9.10. The minimum Gasteiger partial charge on any atom is -0.356 e. The topological polar surface area (TPSA) is 58.6 Å². The predicted molar refractivity (Wildman–Crippen MR) is 116 cm³/mol. The predicted octanol–water partition coefficient (Wildman–Crippen LogP) is 4.28. The number of rotatable bonds is 4. The quantitative estimate of drug-likeness (QED) is 0.643. The first-order valence-corrected chi connectivity index (χ1v) is 11.2. The van der Waals surface area contributed by atoms with Gasteiger partial charge in [-0.15, -0.1) is 0 Å². The fourth-order valence-electron chi connectivity index (χ4n) is 5.47. The summed E-state index contributed by atoms with van der Waals surface area (Å²) in [4.78, 5) is 26.7. The monoisotopic (exact) mass is 496 g/mol. The first-order chi connectivity index (χ1) is 16.5. The molecule has 2 aromatic carbocycles. The molecule has 2 aliphatic rings. The SMILES string of the molecule is CO[C@@](C(=O)N1CCC2(CC1)CC(=O)NC[C@H]2c1ccc(F)cc1F)(c1ccccc1)C(F)(F)F. The van der Waals surface area contributed by atoms with Crippen molar-refractivity contribution in [3.8, 4) is 0 Å². The summed E-state index contributed by atoms with van der Waals surface area (Å²) in [6.07, 6.45) is -4.64. The van der Waals surface area contributed by atoms with Crippen LogP contribution in [0.15, 0.2) is 48.5 Å². The first-order valence-electron chi connectivity index (χ1n) is 11.2. The zero-order valence-corrected chi connectivity index (χ0v) is 19.0. The number of likely N-dealkylation sites (tertiary alicyclic amines) is 1. The zero-order chi connectivity index (χ0) is 25.4. The van der Waals surface area contributed by atoms with Gasteiger partial charge in [-0.1, -0.05) is 36.4 Å². The van der Waals surface area contributed by atoms with Gasteiger partial charge < -0.3 is 15.0 Å². The van der Waals surface area contributed by atoms with Crippen LogP contribution in [0.1, 0.15) is 36.3 Å². The lowest BCUT2D eigenvalue weighted by Crippen LogP contribution is -2.60. The van der Waals surface area contributed by atoms with E-state index in [9.17, 15) is 31.5 Å². The maximum Gasteiger partial charge on any atom is 0.430 e. The van der Waals surface area contributed by atoms with Crippen molar-refractivity contribution >= 4 is 11.8 Å². The molecule has 1 spiro atoms. The highest BCUT2D eigenvalue weighted by molar-refractivity contribution is 5.88. The number of ether oxygens (including phenoxy) is 1. The van der Waals surface area contributed by atoms with Gasteiger partial charge in [-0.05, 0) is 29.9 Å². The van der Waals surface area contributed by atoms with Crippen molar-refractivity contribution in [1.29, 1.82) is 0 Å². The van der Waals surface area contributed by atoms with Crippen molar-refractivity contribution in [2.24, 2.45) is 5.41 Å². The largest absolute Gasteiger partial charge is 0.430 e. The van der Waals surface area contributed by atoms with E-state index in [1.165, 1.54) is 36.4 Å². The average Bonchev–Trinajstić information content (AvgIpc) is 2.81. The third kappa shape index (κ3) is 4.28. The highest BCUT2D eigenvalue weighted by Crippen LogP contribution is 2.51. The lowest BCUT2D eigenvalue weighted by Gasteiger charge is -2.50. The van der Waals surface area contributed by atoms with Crippen LogP contribution in [0.25, 0.3) is 0 Å². The summed E-state index contributed by atoms with van der Waals surface area (Å²) in [5, 5.41) is 2.70. The number of piperidine rings is 2. The Balaban J connectivity index is 1.63. The number of halogens is 5. The summed E-state index contributed by atoms with van der Waals surface area (Å²) in [5.41, 5.74) is -4.05. The third-order valence-electron chi connectivity index (χ3n) is 7.33.